The molecule has 0 radical (unpaired) electrons. The maximum absolute atomic E-state index is 12.3. The van der Waals surface area contributed by atoms with Crippen LogP contribution in [-0.2, 0) is 13.1 Å². The number of nitrogens with zero attached hydrogens (tertiary/aromatic N) is 2. The summed E-state index contributed by atoms with van der Waals surface area (Å²) in [5.41, 5.74) is 3.66. The number of carbonyl (C=O) groups excluding carboxylic acids is 1. The molecule has 0 bridgehead atoms. The zero-order valence-electron chi connectivity index (χ0n) is 14.5. The molecule has 1 N–H and O–H groups in total. The second-order valence-electron chi connectivity index (χ2n) is 6.53. The van der Waals surface area contributed by atoms with E-state index in [1.807, 2.05) is 29.2 Å². The Labute approximate surface area is 154 Å². The SMILES string of the molecule is Cc1ccc(CN2CCN(C(=O)NCc3ccc(Cl)cc3)CC2)cc1. The number of rotatable bonds is 4. The molecule has 132 valence electrons. The largest absolute Gasteiger partial charge is 0.334 e. The molecular weight excluding hydrogens is 334 g/mol. The molecule has 1 saturated heterocycles. The van der Waals surface area contributed by atoms with Crippen LogP contribution in [0.15, 0.2) is 48.5 Å². The van der Waals surface area contributed by atoms with Crippen LogP contribution in [0.1, 0.15) is 16.7 Å². The van der Waals surface area contributed by atoms with Gasteiger partial charge in [-0.2, -0.15) is 0 Å². The molecule has 2 aromatic rings. The summed E-state index contributed by atoms with van der Waals surface area (Å²) in [4.78, 5) is 16.6. The lowest BCUT2D eigenvalue weighted by Crippen LogP contribution is -2.51. The number of carbonyl (C=O) groups is 1. The van der Waals surface area contributed by atoms with Crippen molar-refractivity contribution in [1.29, 1.82) is 0 Å². The van der Waals surface area contributed by atoms with Gasteiger partial charge in [0.15, 0.2) is 0 Å². The molecule has 0 atom stereocenters. The van der Waals surface area contributed by atoms with Gasteiger partial charge in [-0.3, -0.25) is 4.90 Å². The number of benzene rings is 2. The number of aryl methyl sites for hydroxylation is 1. The van der Waals surface area contributed by atoms with E-state index in [1.165, 1.54) is 11.1 Å². The highest BCUT2D eigenvalue weighted by Gasteiger charge is 2.20. The molecule has 0 spiro atoms. The van der Waals surface area contributed by atoms with Crippen molar-refractivity contribution >= 4 is 17.6 Å². The summed E-state index contributed by atoms with van der Waals surface area (Å²) in [6.45, 7) is 6.91. The van der Waals surface area contributed by atoms with Crippen LogP contribution in [0, 0.1) is 6.92 Å². The van der Waals surface area contributed by atoms with Gasteiger partial charge in [0, 0.05) is 44.3 Å². The monoisotopic (exact) mass is 357 g/mol. The number of hydrogen-bond acceptors (Lipinski definition) is 2. The number of halogens is 1. The molecule has 4 nitrogen and oxygen atoms in total. The smallest absolute Gasteiger partial charge is 0.317 e. The third kappa shape index (κ3) is 5.21. The lowest BCUT2D eigenvalue weighted by molar-refractivity contribution is 0.135. The number of amides is 2. The van der Waals surface area contributed by atoms with Crippen LogP contribution in [-0.4, -0.2) is 42.0 Å². The zero-order chi connectivity index (χ0) is 17.6. The molecule has 0 unspecified atom stereocenters. The van der Waals surface area contributed by atoms with Gasteiger partial charge in [-0.05, 0) is 30.2 Å². The van der Waals surface area contributed by atoms with Crippen molar-refractivity contribution < 1.29 is 4.79 Å². The highest BCUT2D eigenvalue weighted by atomic mass is 35.5. The second-order valence-corrected chi connectivity index (χ2v) is 6.97. The van der Waals surface area contributed by atoms with Gasteiger partial charge in [0.25, 0.3) is 0 Å². The van der Waals surface area contributed by atoms with Crippen LogP contribution in [0.5, 0.6) is 0 Å². The molecule has 25 heavy (non-hydrogen) atoms. The van der Waals surface area contributed by atoms with Gasteiger partial charge in [0.1, 0.15) is 0 Å². The van der Waals surface area contributed by atoms with Crippen molar-refractivity contribution in [3.05, 3.63) is 70.2 Å². The molecular formula is C20H24ClN3O. The van der Waals surface area contributed by atoms with Crippen molar-refractivity contribution in [2.75, 3.05) is 26.2 Å². The van der Waals surface area contributed by atoms with Crippen molar-refractivity contribution in [2.24, 2.45) is 0 Å². The fourth-order valence-electron chi connectivity index (χ4n) is 2.95. The lowest BCUT2D eigenvalue weighted by atomic mass is 10.1. The van der Waals surface area contributed by atoms with E-state index in [2.05, 4.69) is 41.4 Å². The first-order valence-electron chi connectivity index (χ1n) is 8.65. The van der Waals surface area contributed by atoms with Gasteiger partial charge in [-0.1, -0.05) is 53.6 Å². The molecule has 1 heterocycles. The Hall–Kier alpha value is -2.04. The Balaban J connectivity index is 1.42. The van der Waals surface area contributed by atoms with Crippen LogP contribution in [0.2, 0.25) is 5.02 Å². The van der Waals surface area contributed by atoms with E-state index in [0.717, 1.165) is 38.3 Å². The maximum Gasteiger partial charge on any atom is 0.317 e. The van der Waals surface area contributed by atoms with Crippen molar-refractivity contribution in [3.63, 3.8) is 0 Å². The minimum absolute atomic E-state index is 0.00457. The lowest BCUT2D eigenvalue weighted by Gasteiger charge is -2.34. The molecule has 3 rings (SSSR count). The summed E-state index contributed by atoms with van der Waals surface area (Å²) >= 11 is 5.88. The van der Waals surface area contributed by atoms with Gasteiger partial charge in [0.05, 0.1) is 0 Å². The van der Waals surface area contributed by atoms with Crippen molar-refractivity contribution in [1.82, 2.24) is 15.1 Å². The van der Waals surface area contributed by atoms with Gasteiger partial charge in [0.2, 0.25) is 0 Å². The number of hydrogen-bond donors (Lipinski definition) is 1. The zero-order valence-corrected chi connectivity index (χ0v) is 15.3. The predicted molar refractivity (Wildman–Crippen MR) is 102 cm³/mol. The second kappa shape index (κ2) is 8.37. The average molecular weight is 358 g/mol. The average Bonchev–Trinajstić information content (AvgIpc) is 2.63. The van der Waals surface area contributed by atoms with Crippen molar-refractivity contribution in [3.8, 4) is 0 Å². The summed E-state index contributed by atoms with van der Waals surface area (Å²) < 4.78 is 0. The standard InChI is InChI=1S/C20H24ClN3O/c1-16-2-4-18(5-3-16)15-23-10-12-24(13-11-23)20(25)22-14-17-6-8-19(21)9-7-17/h2-9H,10-15H2,1H3,(H,22,25). The minimum Gasteiger partial charge on any atom is -0.334 e. The van der Waals surface area contributed by atoms with Gasteiger partial charge < -0.3 is 10.2 Å². The Morgan fingerprint density at radius 3 is 2.20 bits per heavy atom. The Bertz CT molecular complexity index is 692. The first kappa shape index (κ1) is 17.8. The van der Waals surface area contributed by atoms with Crippen molar-refractivity contribution in [2.45, 2.75) is 20.0 Å². The van der Waals surface area contributed by atoms with Crippen LogP contribution in [0.3, 0.4) is 0 Å². The van der Waals surface area contributed by atoms with E-state index in [-0.39, 0.29) is 6.03 Å². The van der Waals surface area contributed by atoms with Crippen LogP contribution < -0.4 is 5.32 Å². The number of urea groups is 1. The first-order chi connectivity index (χ1) is 12.1. The Morgan fingerprint density at radius 1 is 0.960 bits per heavy atom. The molecule has 0 aromatic heterocycles. The highest BCUT2D eigenvalue weighted by Crippen LogP contribution is 2.11. The quantitative estimate of drug-likeness (QED) is 0.906. The summed E-state index contributed by atoms with van der Waals surface area (Å²) in [6, 6.07) is 16.2. The molecule has 0 aliphatic carbocycles. The summed E-state index contributed by atoms with van der Waals surface area (Å²) in [7, 11) is 0. The molecule has 2 amide bonds. The maximum atomic E-state index is 12.3. The van der Waals surface area contributed by atoms with E-state index in [4.69, 9.17) is 11.6 Å². The summed E-state index contributed by atoms with van der Waals surface area (Å²) in [5, 5.41) is 3.69. The summed E-state index contributed by atoms with van der Waals surface area (Å²) in [5.74, 6) is 0. The number of nitrogens with one attached hydrogen (secondary N) is 1. The number of piperazine rings is 1. The third-order valence-corrected chi connectivity index (χ3v) is 4.80. The first-order valence-corrected chi connectivity index (χ1v) is 9.03. The van der Waals surface area contributed by atoms with Gasteiger partial charge in [-0.15, -0.1) is 0 Å². The minimum atomic E-state index is 0.00457. The molecule has 2 aromatic carbocycles. The molecule has 1 fully saturated rings. The molecule has 5 heteroatoms. The fraction of sp³-hybridized carbons (Fsp3) is 0.350. The molecule has 0 saturated carbocycles. The predicted octanol–water partition coefficient (Wildman–Crippen LogP) is 3.68. The van der Waals surface area contributed by atoms with Crippen LogP contribution in [0.4, 0.5) is 4.79 Å². The Morgan fingerprint density at radius 2 is 1.56 bits per heavy atom. The highest BCUT2D eigenvalue weighted by molar-refractivity contribution is 6.30. The van der Waals surface area contributed by atoms with E-state index >= 15 is 0 Å². The van der Waals surface area contributed by atoms with Gasteiger partial charge >= 0.3 is 6.03 Å². The summed E-state index contributed by atoms with van der Waals surface area (Å²) in [6.07, 6.45) is 0. The normalized spacial score (nSPS) is 15.2. The Kier molecular flexibility index (Phi) is 5.95. The van der Waals surface area contributed by atoms with E-state index in [1.54, 1.807) is 0 Å². The van der Waals surface area contributed by atoms with Crippen LogP contribution in [0.25, 0.3) is 0 Å². The van der Waals surface area contributed by atoms with Gasteiger partial charge in [-0.25, -0.2) is 4.79 Å². The fourth-order valence-corrected chi connectivity index (χ4v) is 3.08. The molecule has 1 aliphatic heterocycles. The van der Waals surface area contributed by atoms with Crippen LogP contribution >= 0.6 is 11.6 Å². The van der Waals surface area contributed by atoms with E-state index in [0.29, 0.717) is 11.6 Å². The van der Waals surface area contributed by atoms with E-state index in [9.17, 15) is 4.79 Å². The topological polar surface area (TPSA) is 35.6 Å². The molecule has 1 aliphatic rings. The third-order valence-electron chi connectivity index (χ3n) is 4.54. The van der Waals surface area contributed by atoms with E-state index < -0.39 is 0 Å².